The molecule has 0 spiro atoms. The number of anilines is 1. The fourth-order valence-electron chi connectivity index (χ4n) is 2.85. The van der Waals surface area contributed by atoms with Gasteiger partial charge in [-0.05, 0) is 62.4 Å². The lowest BCUT2D eigenvalue weighted by Gasteiger charge is -2.10. The molecule has 1 amide bonds. The van der Waals surface area contributed by atoms with E-state index in [1.807, 2.05) is 36.7 Å². The summed E-state index contributed by atoms with van der Waals surface area (Å²) in [7, 11) is 0. The van der Waals surface area contributed by atoms with Crippen molar-refractivity contribution in [3.8, 4) is 17.4 Å². The number of amides is 1. The van der Waals surface area contributed by atoms with Gasteiger partial charge in [0.15, 0.2) is 0 Å². The summed E-state index contributed by atoms with van der Waals surface area (Å²) < 4.78 is 8.68. The molecule has 0 aliphatic heterocycles. The Labute approximate surface area is 181 Å². The SMILES string of the molecule is Cc1nc(Oc2ccc(NC(=O)c3ccc(Br)cc3)cc2)cc(-n2ccnc2C)n1. The van der Waals surface area contributed by atoms with Crippen molar-refractivity contribution in [1.29, 1.82) is 0 Å². The molecule has 4 rings (SSSR count). The molecule has 2 aromatic heterocycles. The zero-order valence-corrected chi connectivity index (χ0v) is 17.9. The monoisotopic (exact) mass is 463 g/mol. The Morgan fingerprint density at radius 2 is 1.77 bits per heavy atom. The fourth-order valence-corrected chi connectivity index (χ4v) is 3.12. The minimum Gasteiger partial charge on any atom is -0.439 e. The molecule has 0 saturated carbocycles. The van der Waals surface area contributed by atoms with Gasteiger partial charge in [-0.15, -0.1) is 0 Å². The van der Waals surface area contributed by atoms with E-state index in [0.717, 1.165) is 10.3 Å². The van der Waals surface area contributed by atoms with Crippen LogP contribution in [-0.4, -0.2) is 25.4 Å². The molecule has 0 radical (unpaired) electrons. The van der Waals surface area contributed by atoms with Crippen molar-refractivity contribution in [1.82, 2.24) is 19.5 Å². The highest BCUT2D eigenvalue weighted by atomic mass is 79.9. The van der Waals surface area contributed by atoms with Gasteiger partial charge in [-0.25, -0.2) is 9.97 Å². The molecule has 0 unspecified atom stereocenters. The van der Waals surface area contributed by atoms with Crippen LogP contribution in [0, 0.1) is 13.8 Å². The topological polar surface area (TPSA) is 81.9 Å². The highest BCUT2D eigenvalue weighted by molar-refractivity contribution is 9.10. The summed E-state index contributed by atoms with van der Waals surface area (Å²) in [6, 6.07) is 16.0. The number of rotatable bonds is 5. The van der Waals surface area contributed by atoms with Gasteiger partial charge < -0.3 is 10.1 Å². The number of hydrogen-bond acceptors (Lipinski definition) is 5. The number of ether oxygens (including phenoxy) is 1. The van der Waals surface area contributed by atoms with Crippen LogP contribution in [0.4, 0.5) is 5.69 Å². The maximum absolute atomic E-state index is 12.3. The van der Waals surface area contributed by atoms with Crippen molar-refractivity contribution in [2.75, 3.05) is 5.32 Å². The molecule has 7 nitrogen and oxygen atoms in total. The van der Waals surface area contributed by atoms with Gasteiger partial charge in [-0.2, -0.15) is 4.98 Å². The predicted octanol–water partition coefficient (Wildman–Crippen LogP) is 5.09. The molecule has 0 aliphatic carbocycles. The summed E-state index contributed by atoms with van der Waals surface area (Å²) in [4.78, 5) is 25.3. The van der Waals surface area contributed by atoms with Crippen molar-refractivity contribution in [3.63, 3.8) is 0 Å². The average Bonchev–Trinajstić information content (AvgIpc) is 3.15. The van der Waals surface area contributed by atoms with Crippen molar-refractivity contribution < 1.29 is 9.53 Å². The van der Waals surface area contributed by atoms with Crippen LogP contribution in [-0.2, 0) is 0 Å². The Kier molecular flexibility index (Phi) is 5.58. The lowest BCUT2D eigenvalue weighted by atomic mass is 10.2. The van der Waals surface area contributed by atoms with Crippen LogP contribution >= 0.6 is 15.9 Å². The molecular formula is C22H18BrN5O2. The van der Waals surface area contributed by atoms with Crippen molar-refractivity contribution in [2.45, 2.75) is 13.8 Å². The standard InChI is InChI=1S/C22H18BrN5O2/c1-14-25-20(28-12-11-24-15(28)2)13-21(26-14)30-19-9-7-18(8-10-19)27-22(29)16-3-5-17(23)6-4-16/h3-13H,1-2H3,(H,27,29). The first-order valence-electron chi connectivity index (χ1n) is 9.19. The van der Waals surface area contributed by atoms with Gasteiger partial charge in [-0.1, -0.05) is 15.9 Å². The summed E-state index contributed by atoms with van der Waals surface area (Å²) in [5.74, 6) is 2.95. The van der Waals surface area contributed by atoms with Crippen LogP contribution in [0.25, 0.3) is 5.82 Å². The second kappa shape index (κ2) is 8.46. The number of imidazole rings is 1. The summed E-state index contributed by atoms with van der Waals surface area (Å²) in [6.07, 6.45) is 3.55. The molecule has 8 heteroatoms. The van der Waals surface area contributed by atoms with Crippen molar-refractivity contribution >= 4 is 27.5 Å². The van der Waals surface area contributed by atoms with Gasteiger partial charge in [0.25, 0.3) is 5.91 Å². The number of carbonyl (C=O) groups excluding carboxylic acids is 1. The maximum atomic E-state index is 12.3. The number of nitrogens with one attached hydrogen (secondary N) is 1. The van der Waals surface area contributed by atoms with Crippen LogP contribution in [0.15, 0.2) is 71.5 Å². The van der Waals surface area contributed by atoms with E-state index in [4.69, 9.17) is 4.74 Å². The average molecular weight is 464 g/mol. The van der Waals surface area contributed by atoms with Gasteiger partial charge >= 0.3 is 0 Å². The Hall–Kier alpha value is -3.52. The highest BCUT2D eigenvalue weighted by Crippen LogP contribution is 2.24. The zero-order valence-electron chi connectivity index (χ0n) is 16.3. The van der Waals surface area contributed by atoms with Gasteiger partial charge in [0.1, 0.15) is 23.2 Å². The molecule has 150 valence electrons. The van der Waals surface area contributed by atoms with E-state index in [1.54, 1.807) is 48.7 Å². The molecule has 0 bridgehead atoms. The smallest absolute Gasteiger partial charge is 0.255 e. The third-order valence-electron chi connectivity index (χ3n) is 4.31. The second-order valence-corrected chi connectivity index (χ2v) is 7.46. The summed E-state index contributed by atoms with van der Waals surface area (Å²) in [5, 5.41) is 2.87. The van der Waals surface area contributed by atoms with Crippen LogP contribution < -0.4 is 10.1 Å². The minimum absolute atomic E-state index is 0.178. The van der Waals surface area contributed by atoms with E-state index < -0.39 is 0 Å². The first kappa shape index (κ1) is 19.8. The lowest BCUT2D eigenvalue weighted by molar-refractivity contribution is 0.102. The first-order chi connectivity index (χ1) is 14.5. The molecule has 2 heterocycles. The van der Waals surface area contributed by atoms with E-state index >= 15 is 0 Å². The van der Waals surface area contributed by atoms with E-state index in [9.17, 15) is 4.79 Å². The molecule has 1 N–H and O–H groups in total. The first-order valence-corrected chi connectivity index (χ1v) is 9.98. The molecular weight excluding hydrogens is 446 g/mol. The number of aryl methyl sites for hydroxylation is 2. The number of benzene rings is 2. The largest absolute Gasteiger partial charge is 0.439 e. The Bertz CT molecular complexity index is 1190. The van der Waals surface area contributed by atoms with Gasteiger partial charge in [0, 0.05) is 34.2 Å². The summed E-state index contributed by atoms with van der Waals surface area (Å²) >= 11 is 3.36. The fraction of sp³-hybridized carbons (Fsp3) is 0.0909. The van der Waals surface area contributed by atoms with E-state index in [0.29, 0.717) is 34.5 Å². The molecule has 30 heavy (non-hydrogen) atoms. The van der Waals surface area contributed by atoms with Crippen LogP contribution in [0.1, 0.15) is 22.0 Å². The number of aromatic nitrogens is 4. The Balaban J connectivity index is 1.47. The number of halogens is 1. The molecule has 0 fully saturated rings. The van der Waals surface area contributed by atoms with Crippen LogP contribution in [0.3, 0.4) is 0 Å². The highest BCUT2D eigenvalue weighted by Gasteiger charge is 2.09. The minimum atomic E-state index is -0.178. The third kappa shape index (κ3) is 4.55. The molecule has 0 aliphatic rings. The normalized spacial score (nSPS) is 10.6. The van der Waals surface area contributed by atoms with Gasteiger partial charge in [0.05, 0.1) is 0 Å². The second-order valence-electron chi connectivity index (χ2n) is 6.54. The van der Waals surface area contributed by atoms with Crippen LogP contribution in [0.5, 0.6) is 11.6 Å². The quantitative estimate of drug-likeness (QED) is 0.445. The van der Waals surface area contributed by atoms with E-state index in [1.165, 1.54) is 0 Å². The summed E-state index contributed by atoms with van der Waals surface area (Å²) in [5.41, 5.74) is 1.25. The molecule has 2 aromatic carbocycles. The predicted molar refractivity (Wildman–Crippen MR) is 117 cm³/mol. The maximum Gasteiger partial charge on any atom is 0.255 e. The van der Waals surface area contributed by atoms with E-state index in [2.05, 4.69) is 36.2 Å². The number of hydrogen-bond donors (Lipinski definition) is 1. The molecule has 4 aromatic rings. The molecule has 0 saturated heterocycles. The van der Waals surface area contributed by atoms with Crippen molar-refractivity contribution in [3.05, 3.63) is 88.7 Å². The summed E-state index contributed by atoms with van der Waals surface area (Å²) in [6.45, 7) is 3.71. The number of carbonyl (C=O) groups is 1. The Morgan fingerprint density at radius 1 is 1.03 bits per heavy atom. The zero-order chi connectivity index (χ0) is 21.1. The lowest BCUT2D eigenvalue weighted by Crippen LogP contribution is -2.11. The van der Waals surface area contributed by atoms with Crippen molar-refractivity contribution in [2.24, 2.45) is 0 Å². The Morgan fingerprint density at radius 3 is 2.43 bits per heavy atom. The van der Waals surface area contributed by atoms with E-state index in [-0.39, 0.29) is 5.91 Å². The van der Waals surface area contributed by atoms with Gasteiger partial charge in [0.2, 0.25) is 5.88 Å². The third-order valence-corrected chi connectivity index (χ3v) is 4.84. The number of nitrogens with zero attached hydrogens (tertiary/aromatic N) is 4. The molecule has 0 atom stereocenters. The van der Waals surface area contributed by atoms with Gasteiger partial charge in [-0.3, -0.25) is 9.36 Å². The van der Waals surface area contributed by atoms with Crippen LogP contribution in [0.2, 0.25) is 0 Å².